The minimum atomic E-state index is 0.499. The van der Waals surface area contributed by atoms with Crippen molar-refractivity contribution >= 4 is 11.8 Å². The Hall–Kier alpha value is -0.550. The summed E-state index contributed by atoms with van der Waals surface area (Å²) in [6.45, 7) is 1.90. The highest BCUT2D eigenvalue weighted by Crippen LogP contribution is 2.42. The van der Waals surface area contributed by atoms with Crippen molar-refractivity contribution in [2.24, 2.45) is 7.05 Å². The maximum Gasteiger partial charge on any atom is 0.140 e. The summed E-state index contributed by atoms with van der Waals surface area (Å²) < 4.78 is 2.32. The van der Waals surface area contributed by atoms with Gasteiger partial charge in [0.05, 0.1) is 6.54 Å². The Bertz CT molecular complexity index is 313. The Morgan fingerprint density at radius 3 is 2.87 bits per heavy atom. The van der Waals surface area contributed by atoms with Crippen LogP contribution in [0.5, 0.6) is 0 Å². The van der Waals surface area contributed by atoms with E-state index in [0.29, 0.717) is 4.75 Å². The molecule has 1 aromatic heterocycles. The topological polar surface area (TPSA) is 42.7 Å². The van der Waals surface area contributed by atoms with Crippen LogP contribution in [-0.2, 0) is 13.6 Å². The number of aromatic nitrogens is 3. The zero-order valence-electron chi connectivity index (χ0n) is 9.36. The van der Waals surface area contributed by atoms with Crippen LogP contribution in [0.25, 0.3) is 0 Å². The summed E-state index contributed by atoms with van der Waals surface area (Å²) in [6, 6.07) is 0. The summed E-state index contributed by atoms with van der Waals surface area (Å²) >= 11 is 2.00. The Balaban J connectivity index is 1.77. The van der Waals surface area contributed by atoms with Crippen molar-refractivity contribution in [3.8, 4) is 0 Å². The van der Waals surface area contributed by atoms with E-state index in [2.05, 4.69) is 21.7 Å². The van der Waals surface area contributed by atoms with E-state index in [4.69, 9.17) is 0 Å². The van der Waals surface area contributed by atoms with Crippen LogP contribution in [0.15, 0.2) is 6.33 Å². The van der Waals surface area contributed by atoms with Crippen molar-refractivity contribution in [1.29, 1.82) is 0 Å². The molecule has 1 aliphatic rings. The van der Waals surface area contributed by atoms with Gasteiger partial charge in [-0.1, -0.05) is 6.42 Å². The van der Waals surface area contributed by atoms with Crippen LogP contribution >= 0.6 is 11.8 Å². The number of nitrogens with zero attached hydrogens (tertiary/aromatic N) is 3. The molecule has 0 atom stereocenters. The molecule has 84 valence electrons. The lowest BCUT2D eigenvalue weighted by molar-refractivity contribution is 0.343. The van der Waals surface area contributed by atoms with Gasteiger partial charge in [0.25, 0.3) is 0 Å². The summed E-state index contributed by atoms with van der Waals surface area (Å²) in [7, 11) is 1.93. The molecule has 0 spiro atoms. The van der Waals surface area contributed by atoms with Crippen LogP contribution < -0.4 is 5.32 Å². The molecule has 0 amide bonds. The third kappa shape index (κ3) is 2.34. The summed E-state index contributed by atoms with van der Waals surface area (Å²) in [4.78, 5) is 4.19. The minimum absolute atomic E-state index is 0.499. The lowest BCUT2D eigenvalue weighted by Gasteiger charge is -2.40. The second kappa shape index (κ2) is 4.53. The molecule has 5 heteroatoms. The highest BCUT2D eigenvalue weighted by Gasteiger charge is 2.35. The zero-order chi connectivity index (χ0) is 10.7. The van der Waals surface area contributed by atoms with Gasteiger partial charge >= 0.3 is 0 Å². The first kappa shape index (κ1) is 11.0. The maximum atomic E-state index is 4.19. The van der Waals surface area contributed by atoms with E-state index in [-0.39, 0.29) is 0 Å². The monoisotopic (exact) mass is 226 g/mol. The van der Waals surface area contributed by atoms with Gasteiger partial charge in [-0.2, -0.15) is 16.9 Å². The number of nitrogens with one attached hydrogen (secondary N) is 1. The van der Waals surface area contributed by atoms with Gasteiger partial charge in [0, 0.05) is 18.3 Å². The Morgan fingerprint density at radius 2 is 2.40 bits per heavy atom. The molecule has 1 N–H and O–H groups in total. The van der Waals surface area contributed by atoms with Gasteiger partial charge in [0.15, 0.2) is 0 Å². The third-order valence-corrected chi connectivity index (χ3v) is 4.65. The molecule has 1 aliphatic carbocycles. The molecule has 0 saturated heterocycles. The number of aryl methyl sites for hydroxylation is 1. The van der Waals surface area contributed by atoms with Gasteiger partial charge in [-0.25, -0.2) is 4.98 Å². The van der Waals surface area contributed by atoms with E-state index >= 15 is 0 Å². The lowest BCUT2D eigenvalue weighted by atomic mass is 9.84. The zero-order valence-corrected chi connectivity index (χ0v) is 10.2. The van der Waals surface area contributed by atoms with E-state index in [1.54, 1.807) is 6.33 Å². The molecule has 1 aromatic rings. The molecule has 1 heterocycles. The molecular weight excluding hydrogens is 208 g/mol. The summed E-state index contributed by atoms with van der Waals surface area (Å²) in [6.07, 6.45) is 7.89. The van der Waals surface area contributed by atoms with Crippen molar-refractivity contribution in [1.82, 2.24) is 20.1 Å². The first-order chi connectivity index (χ1) is 7.26. The van der Waals surface area contributed by atoms with Crippen molar-refractivity contribution < 1.29 is 0 Å². The maximum absolute atomic E-state index is 4.19. The van der Waals surface area contributed by atoms with E-state index in [0.717, 1.165) is 18.9 Å². The van der Waals surface area contributed by atoms with Gasteiger partial charge in [-0.05, 0) is 19.1 Å². The molecule has 0 unspecified atom stereocenters. The Morgan fingerprint density at radius 1 is 1.60 bits per heavy atom. The highest BCUT2D eigenvalue weighted by molar-refractivity contribution is 8.00. The fourth-order valence-corrected chi connectivity index (χ4v) is 2.85. The predicted molar refractivity (Wildman–Crippen MR) is 62.8 cm³/mol. The van der Waals surface area contributed by atoms with Crippen LogP contribution in [0.1, 0.15) is 25.1 Å². The summed E-state index contributed by atoms with van der Waals surface area (Å²) in [5.74, 6) is 1.01. The SMILES string of the molecule is CSC1(CNCc2ncnn2C)CCC1. The Kier molecular flexibility index (Phi) is 3.31. The van der Waals surface area contributed by atoms with Crippen molar-refractivity contribution in [3.63, 3.8) is 0 Å². The Labute approximate surface area is 94.8 Å². The largest absolute Gasteiger partial charge is 0.308 e. The molecule has 0 aliphatic heterocycles. The van der Waals surface area contributed by atoms with Crippen LogP contribution in [0.2, 0.25) is 0 Å². The second-order valence-corrected chi connectivity index (χ2v) is 5.42. The summed E-state index contributed by atoms with van der Waals surface area (Å²) in [5, 5.41) is 7.52. The number of hydrogen-bond donors (Lipinski definition) is 1. The second-order valence-electron chi connectivity index (χ2n) is 4.14. The van der Waals surface area contributed by atoms with Gasteiger partial charge < -0.3 is 5.32 Å². The molecule has 0 aromatic carbocycles. The average Bonchev–Trinajstić information content (AvgIpc) is 2.57. The first-order valence-electron chi connectivity index (χ1n) is 5.34. The molecule has 0 radical (unpaired) electrons. The van der Waals surface area contributed by atoms with Gasteiger partial charge in [0.1, 0.15) is 12.2 Å². The predicted octanol–water partition coefficient (Wildman–Crippen LogP) is 1.19. The summed E-state index contributed by atoms with van der Waals surface area (Å²) in [5.41, 5.74) is 0. The van der Waals surface area contributed by atoms with E-state index < -0.39 is 0 Å². The van der Waals surface area contributed by atoms with E-state index in [1.165, 1.54) is 19.3 Å². The fourth-order valence-electron chi connectivity index (χ4n) is 1.91. The normalized spacial score (nSPS) is 18.8. The first-order valence-corrected chi connectivity index (χ1v) is 6.57. The van der Waals surface area contributed by atoms with Crippen LogP contribution in [-0.4, -0.2) is 32.3 Å². The van der Waals surface area contributed by atoms with Crippen molar-refractivity contribution in [3.05, 3.63) is 12.2 Å². The minimum Gasteiger partial charge on any atom is -0.308 e. The molecule has 1 saturated carbocycles. The molecule has 1 fully saturated rings. The molecular formula is C10H18N4S. The van der Waals surface area contributed by atoms with Crippen molar-refractivity contribution in [2.45, 2.75) is 30.6 Å². The van der Waals surface area contributed by atoms with Gasteiger partial charge in [-0.3, -0.25) is 4.68 Å². The smallest absolute Gasteiger partial charge is 0.140 e. The van der Waals surface area contributed by atoms with Gasteiger partial charge in [-0.15, -0.1) is 0 Å². The van der Waals surface area contributed by atoms with Crippen LogP contribution in [0.4, 0.5) is 0 Å². The molecule has 0 bridgehead atoms. The third-order valence-electron chi connectivity index (χ3n) is 3.23. The van der Waals surface area contributed by atoms with E-state index in [1.807, 2.05) is 23.5 Å². The molecule has 4 nitrogen and oxygen atoms in total. The lowest BCUT2D eigenvalue weighted by Crippen LogP contribution is -2.43. The molecule has 2 rings (SSSR count). The van der Waals surface area contributed by atoms with Gasteiger partial charge in [0.2, 0.25) is 0 Å². The van der Waals surface area contributed by atoms with E-state index in [9.17, 15) is 0 Å². The average molecular weight is 226 g/mol. The van der Waals surface area contributed by atoms with Crippen LogP contribution in [0, 0.1) is 0 Å². The standard InChI is InChI=1S/C10H18N4S/c1-14-9(12-8-13-14)6-11-7-10(15-2)4-3-5-10/h8,11H,3-7H2,1-2H3. The van der Waals surface area contributed by atoms with Crippen LogP contribution in [0.3, 0.4) is 0 Å². The number of thioether (sulfide) groups is 1. The van der Waals surface area contributed by atoms with Crippen molar-refractivity contribution in [2.75, 3.05) is 12.8 Å². The number of rotatable bonds is 5. The molecule has 15 heavy (non-hydrogen) atoms. The highest BCUT2D eigenvalue weighted by atomic mass is 32.2. The fraction of sp³-hybridized carbons (Fsp3) is 0.800. The quantitative estimate of drug-likeness (QED) is 0.819. The number of hydrogen-bond acceptors (Lipinski definition) is 4.